The van der Waals surface area contributed by atoms with Gasteiger partial charge in [-0.15, -0.1) is 0 Å². The smallest absolute Gasteiger partial charge is 0.326 e. The summed E-state index contributed by atoms with van der Waals surface area (Å²) >= 11 is 0. The number of aromatic nitrogens is 3. The molecule has 1 aromatic carbocycles. The van der Waals surface area contributed by atoms with E-state index in [4.69, 9.17) is 0 Å². The number of carbonyl (C=O) groups excluding carboxylic acids is 1. The van der Waals surface area contributed by atoms with Crippen LogP contribution in [0.3, 0.4) is 0 Å². The fourth-order valence-electron chi connectivity index (χ4n) is 4.52. The number of carboxylic acids is 1. The first-order chi connectivity index (χ1) is 20.0. The Morgan fingerprint density at radius 2 is 1.59 bits per heavy atom. The molecule has 8 bridgehead atoms. The first kappa shape index (κ1) is 31.4. The van der Waals surface area contributed by atoms with Gasteiger partial charge in [-0.2, -0.15) is 0 Å². The number of pyridine rings is 1. The molecule has 7 heterocycles. The Labute approximate surface area is 242 Å². The number of aliphatic carboxylic acids is 1. The van der Waals surface area contributed by atoms with Gasteiger partial charge in [0.05, 0.1) is 6.54 Å². The summed E-state index contributed by atoms with van der Waals surface area (Å²) in [4.78, 5) is 41.8. The quantitative estimate of drug-likeness (QED) is 0.346. The number of anilines is 3. The van der Waals surface area contributed by atoms with Gasteiger partial charge in [-0.3, -0.25) is 14.6 Å². The number of benzene rings is 1. The Morgan fingerprint density at radius 3 is 2.27 bits per heavy atom. The van der Waals surface area contributed by atoms with Crippen molar-refractivity contribution in [3.8, 4) is 11.1 Å². The van der Waals surface area contributed by atoms with Crippen molar-refractivity contribution in [2.45, 2.75) is 46.7 Å². The number of piperazine rings is 1. The zero-order valence-corrected chi connectivity index (χ0v) is 24.4. The highest BCUT2D eigenvalue weighted by atomic mass is 16.4. The Kier molecular flexibility index (Phi) is 12.5. The highest BCUT2D eigenvalue weighted by Gasteiger charge is 2.21. The van der Waals surface area contributed by atoms with Crippen molar-refractivity contribution in [1.82, 2.24) is 30.1 Å². The number of hydrogen-bond donors (Lipinski definition) is 4. The first-order valence-electron chi connectivity index (χ1n) is 14.4. The molecule has 0 radical (unpaired) electrons. The van der Waals surface area contributed by atoms with Crippen LogP contribution < -0.4 is 16.0 Å². The molecule has 1 unspecified atom stereocenters. The van der Waals surface area contributed by atoms with Crippen LogP contribution in [0.2, 0.25) is 0 Å². The molecule has 3 aromatic rings. The number of nitrogens with one attached hydrogen (secondary N) is 3. The van der Waals surface area contributed by atoms with Crippen LogP contribution >= 0.6 is 0 Å². The van der Waals surface area contributed by atoms with Crippen LogP contribution in [0.15, 0.2) is 55.0 Å². The molecule has 41 heavy (non-hydrogen) atoms. The second-order valence-electron chi connectivity index (χ2n) is 9.28. The van der Waals surface area contributed by atoms with Gasteiger partial charge in [0.2, 0.25) is 11.9 Å². The van der Waals surface area contributed by atoms with Gasteiger partial charge >= 0.3 is 5.97 Å². The molecule has 11 heteroatoms. The van der Waals surface area contributed by atoms with Crippen molar-refractivity contribution in [1.29, 1.82) is 0 Å². The molecule has 1 amide bonds. The van der Waals surface area contributed by atoms with E-state index in [2.05, 4.69) is 52.8 Å². The molecule has 0 aliphatic carbocycles. The van der Waals surface area contributed by atoms with Gasteiger partial charge in [-0.1, -0.05) is 39.8 Å². The maximum Gasteiger partial charge on any atom is 0.326 e. The van der Waals surface area contributed by atoms with Gasteiger partial charge in [0.1, 0.15) is 11.9 Å². The fourth-order valence-corrected chi connectivity index (χ4v) is 4.52. The minimum Gasteiger partial charge on any atom is -0.480 e. The molecule has 0 spiro atoms. The minimum atomic E-state index is -1.03. The van der Waals surface area contributed by atoms with Gasteiger partial charge in [0.25, 0.3) is 0 Å². The van der Waals surface area contributed by atoms with E-state index in [1.165, 1.54) is 5.56 Å². The zero-order chi connectivity index (χ0) is 29.6. The van der Waals surface area contributed by atoms with Crippen LogP contribution in [-0.4, -0.2) is 87.0 Å². The third kappa shape index (κ3) is 9.51. The van der Waals surface area contributed by atoms with Crippen LogP contribution in [0.25, 0.3) is 11.1 Å². The predicted octanol–water partition coefficient (Wildman–Crippen LogP) is 3.84. The van der Waals surface area contributed by atoms with Crippen molar-refractivity contribution in [3.05, 3.63) is 60.6 Å². The van der Waals surface area contributed by atoms with Crippen molar-refractivity contribution >= 4 is 29.3 Å². The molecular formula is C30H42N8O3. The maximum absolute atomic E-state index is 12.4. The number of rotatable bonds is 1. The average Bonchev–Trinajstić information content (AvgIpc) is 3.00. The zero-order valence-electron chi connectivity index (χ0n) is 24.4. The molecule has 1 fully saturated rings. The van der Waals surface area contributed by atoms with Crippen molar-refractivity contribution < 1.29 is 14.7 Å². The standard InChI is InChI=1S/C26H30N8O3.2C2H6/c35-24-17-34-10-8-33(9-11-34)16-18-2-1-3-21(12-18)31-23-13-19(4-6-27-23)20-14-29-26(30-15-20)32-22(25(36)37)5-7-28-24;2*1-2/h1-4,6,12-15,22H,5,7-11,16-17H2,(H,27,31)(H,28,35)(H,36,37)(H,29,30,32);2*1-2H3. The van der Waals surface area contributed by atoms with Crippen LogP contribution in [0.5, 0.6) is 0 Å². The van der Waals surface area contributed by atoms with Gasteiger partial charge in [-0.25, -0.2) is 19.7 Å². The molecule has 0 saturated carbocycles. The van der Waals surface area contributed by atoms with Crippen molar-refractivity contribution in [3.63, 3.8) is 0 Å². The highest BCUT2D eigenvalue weighted by molar-refractivity contribution is 5.79. The lowest BCUT2D eigenvalue weighted by Crippen LogP contribution is -2.49. The maximum atomic E-state index is 12.4. The second kappa shape index (κ2) is 16.2. The summed E-state index contributed by atoms with van der Waals surface area (Å²) in [5.74, 6) is -0.224. The number of carbonyl (C=O) groups is 2. The van der Waals surface area contributed by atoms with E-state index in [0.29, 0.717) is 12.4 Å². The van der Waals surface area contributed by atoms with Gasteiger partial charge in [-0.05, 0) is 41.8 Å². The number of hydrogen-bond acceptors (Lipinski definition) is 9. The third-order valence-corrected chi connectivity index (χ3v) is 6.54. The van der Waals surface area contributed by atoms with Crippen LogP contribution in [-0.2, 0) is 16.1 Å². The minimum absolute atomic E-state index is 0.106. The summed E-state index contributed by atoms with van der Waals surface area (Å²) < 4.78 is 0. The molecule has 2 aromatic heterocycles. The SMILES string of the molecule is CC.CC.O=C1CN2CCN(CC2)Cc2cccc(c2)Nc2cc(ccn2)-c2cnc(nc2)NC(C(=O)O)CCN1. The molecule has 220 valence electrons. The Hall–Kier alpha value is -4.09. The van der Waals surface area contributed by atoms with Crippen LogP contribution in [0.1, 0.15) is 39.7 Å². The second-order valence-corrected chi connectivity index (χ2v) is 9.28. The number of carboxylic acid groups (broad SMARTS) is 1. The van der Waals surface area contributed by atoms with Crippen LogP contribution in [0.4, 0.5) is 17.5 Å². The monoisotopic (exact) mass is 562 g/mol. The molecule has 5 aliphatic rings. The molecule has 4 N–H and O–H groups in total. The van der Waals surface area contributed by atoms with E-state index in [0.717, 1.165) is 49.5 Å². The lowest BCUT2D eigenvalue weighted by Gasteiger charge is -2.34. The Bertz CT molecular complexity index is 1250. The summed E-state index contributed by atoms with van der Waals surface area (Å²) in [6, 6.07) is 11.2. The normalized spacial score (nSPS) is 20.5. The molecule has 1 saturated heterocycles. The van der Waals surface area contributed by atoms with E-state index >= 15 is 0 Å². The summed E-state index contributed by atoms with van der Waals surface area (Å²) in [5, 5.41) is 18.7. The lowest BCUT2D eigenvalue weighted by molar-refractivity contribution is -0.138. The van der Waals surface area contributed by atoms with Gasteiger partial charge in [0, 0.05) is 69.1 Å². The first-order valence-corrected chi connectivity index (χ1v) is 14.4. The van der Waals surface area contributed by atoms with Crippen molar-refractivity contribution in [2.24, 2.45) is 0 Å². The lowest BCUT2D eigenvalue weighted by atomic mass is 10.1. The largest absolute Gasteiger partial charge is 0.480 e. The van der Waals surface area contributed by atoms with Gasteiger partial charge < -0.3 is 21.1 Å². The Balaban J connectivity index is 0.00000111. The average molecular weight is 563 g/mol. The fraction of sp³-hybridized carbons (Fsp3) is 0.433. The topological polar surface area (TPSA) is 136 Å². The molecular weight excluding hydrogens is 520 g/mol. The molecule has 5 aliphatic heterocycles. The third-order valence-electron chi connectivity index (χ3n) is 6.54. The number of nitrogens with zero attached hydrogens (tertiary/aromatic N) is 5. The van der Waals surface area contributed by atoms with Crippen LogP contribution in [0, 0.1) is 0 Å². The summed E-state index contributed by atoms with van der Waals surface area (Å²) in [7, 11) is 0. The van der Waals surface area contributed by atoms with Crippen molar-refractivity contribution in [2.75, 3.05) is 49.9 Å². The molecule has 11 nitrogen and oxygen atoms in total. The van der Waals surface area contributed by atoms with Gasteiger partial charge in [0.15, 0.2) is 0 Å². The van der Waals surface area contributed by atoms with E-state index in [-0.39, 0.29) is 24.8 Å². The Morgan fingerprint density at radius 1 is 0.902 bits per heavy atom. The summed E-state index contributed by atoms with van der Waals surface area (Å²) in [6.45, 7) is 12.7. The van der Waals surface area contributed by atoms with E-state index in [1.807, 2.05) is 52.0 Å². The summed E-state index contributed by atoms with van der Waals surface area (Å²) in [6.07, 6.45) is 5.22. The highest BCUT2D eigenvalue weighted by Crippen LogP contribution is 2.23. The predicted molar refractivity (Wildman–Crippen MR) is 162 cm³/mol. The molecule has 8 rings (SSSR count). The van der Waals surface area contributed by atoms with E-state index < -0.39 is 12.0 Å². The van der Waals surface area contributed by atoms with E-state index in [1.54, 1.807) is 18.6 Å². The molecule has 1 atom stereocenters. The van der Waals surface area contributed by atoms with E-state index in [9.17, 15) is 14.7 Å². The summed E-state index contributed by atoms with van der Waals surface area (Å²) in [5.41, 5.74) is 3.82. The number of amides is 1.